The van der Waals surface area contributed by atoms with E-state index in [1.807, 2.05) is 57.3 Å². The van der Waals surface area contributed by atoms with Gasteiger partial charge in [-0.3, -0.25) is 9.59 Å². The summed E-state index contributed by atoms with van der Waals surface area (Å²) in [5, 5.41) is 26.5. The van der Waals surface area contributed by atoms with Gasteiger partial charge in [-0.2, -0.15) is 0 Å². The molecular formula is C32H36FNO4S. The predicted molar refractivity (Wildman–Crippen MR) is 148 cm³/mol. The highest BCUT2D eigenvalue weighted by molar-refractivity contribution is 7.09. The summed E-state index contributed by atoms with van der Waals surface area (Å²) in [5.74, 6) is -1.01. The van der Waals surface area contributed by atoms with Gasteiger partial charge in [0, 0.05) is 27.7 Å². The third-order valence-electron chi connectivity index (χ3n) is 10.9. The molecule has 7 heteroatoms. The topological polar surface area (TPSA) is 87.5 Å². The second-order valence-corrected chi connectivity index (χ2v) is 13.7. The molecule has 0 amide bonds. The Balaban J connectivity index is 1.33. The fourth-order valence-electron chi connectivity index (χ4n) is 8.64. The number of aliphatic hydroxyl groups excluding tert-OH is 1. The zero-order valence-corrected chi connectivity index (χ0v) is 23.7. The first-order valence-electron chi connectivity index (χ1n) is 13.9. The molecule has 1 aromatic carbocycles. The molecule has 4 aliphatic carbocycles. The van der Waals surface area contributed by atoms with E-state index in [0.29, 0.717) is 35.5 Å². The predicted octanol–water partition coefficient (Wildman–Crippen LogP) is 5.68. The Kier molecular flexibility index (Phi) is 6.00. The van der Waals surface area contributed by atoms with Gasteiger partial charge in [0.2, 0.25) is 0 Å². The van der Waals surface area contributed by atoms with Gasteiger partial charge < -0.3 is 10.2 Å². The molecule has 0 spiro atoms. The standard InChI is InChI=1S/C32H36FNO4S/c1-18-5-7-20(8-6-18)25(36)15-28-34-26(17-39-28)32(38)19(2)13-24-23-10-9-21-14-22(35)11-12-29(21,3)31(23,33)27(37)16-30(24,32)4/h5-8,11-12,14,17,19,23-24,27,37-38H,9-10,13,15-16H2,1-4H3/t19-,23+,24+,27+,29+,30+,31+,32+/m1/s1. The summed E-state index contributed by atoms with van der Waals surface area (Å²) in [6.07, 6.45) is 5.28. The number of alkyl halides is 1. The summed E-state index contributed by atoms with van der Waals surface area (Å²) < 4.78 is 17.4. The first-order valence-corrected chi connectivity index (χ1v) is 14.8. The van der Waals surface area contributed by atoms with E-state index in [-0.39, 0.29) is 36.2 Å². The largest absolute Gasteiger partial charge is 0.390 e. The van der Waals surface area contributed by atoms with Crippen LogP contribution in [0.25, 0.3) is 0 Å². The molecule has 8 atom stereocenters. The van der Waals surface area contributed by atoms with Gasteiger partial charge in [0.25, 0.3) is 0 Å². The molecular weight excluding hydrogens is 513 g/mol. The first-order chi connectivity index (χ1) is 18.3. The number of hydrogen-bond acceptors (Lipinski definition) is 6. The number of benzene rings is 1. The van der Waals surface area contributed by atoms with E-state index in [1.165, 1.54) is 17.4 Å². The van der Waals surface area contributed by atoms with Crippen LogP contribution in [0.5, 0.6) is 0 Å². The number of fused-ring (bicyclic) bond motifs is 5. The number of Topliss-reactive ketones (excluding diaryl/α,β-unsaturated/α-hetero) is 1. The van der Waals surface area contributed by atoms with Crippen molar-refractivity contribution in [2.45, 2.75) is 77.2 Å². The Labute approximate surface area is 232 Å². The van der Waals surface area contributed by atoms with E-state index in [1.54, 1.807) is 12.2 Å². The highest BCUT2D eigenvalue weighted by atomic mass is 32.1. The minimum Gasteiger partial charge on any atom is -0.390 e. The Morgan fingerprint density at radius 3 is 2.64 bits per heavy atom. The minimum atomic E-state index is -1.93. The number of rotatable bonds is 4. The van der Waals surface area contributed by atoms with Crippen LogP contribution >= 0.6 is 11.3 Å². The molecule has 0 radical (unpaired) electrons. The molecule has 39 heavy (non-hydrogen) atoms. The molecule has 0 saturated heterocycles. The van der Waals surface area contributed by atoms with Crippen molar-refractivity contribution in [3.8, 4) is 0 Å². The number of halogens is 1. The normalized spacial score (nSPS) is 41.0. The lowest BCUT2D eigenvalue weighted by atomic mass is 9.44. The number of ketones is 2. The number of carbonyl (C=O) groups excluding carboxylic acids is 2. The lowest BCUT2D eigenvalue weighted by molar-refractivity contribution is -0.223. The molecule has 0 aliphatic heterocycles. The first kappa shape index (κ1) is 26.7. The van der Waals surface area contributed by atoms with E-state index in [9.17, 15) is 19.8 Å². The van der Waals surface area contributed by atoms with Crippen molar-refractivity contribution < 1.29 is 24.2 Å². The van der Waals surface area contributed by atoms with Gasteiger partial charge in [0.1, 0.15) is 10.6 Å². The molecule has 1 heterocycles. The molecule has 206 valence electrons. The number of hydrogen-bond donors (Lipinski definition) is 2. The molecule has 3 fully saturated rings. The number of nitrogens with zero attached hydrogens (tertiary/aromatic N) is 1. The summed E-state index contributed by atoms with van der Waals surface area (Å²) >= 11 is 1.36. The van der Waals surface area contributed by atoms with E-state index in [4.69, 9.17) is 4.98 Å². The Hall–Kier alpha value is -2.48. The summed E-state index contributed by atoms with van der Waals surface area (Å²) in [4.78, 5) is 29.8. The van der Waals surface area contributed by atoms with Crippen molar-refractivity contribution >= 4 is 22.9 Å². The van der Waals surface area contributed by atoms with Crippen LogP contribution in [0.15, 0.2) is 53.4 Å². The summed E-state index contributed by atoms with van der Waals surface area (Å²) in [5.41, 5.74) is -2.18. The van der Waals surface area contributed by atoms with Crippen molar-refractivity contribution in [3.63, 3.8) is 0 Å². The Morgan fingerprint density at radius 1 is 1.21 bits per heavy atom. The van der Waals surface area contributed by atoms with Crippen LogP contribution in [-0.4, -0.2) is 38.5 Å². The van der Waals surface area contributed by atoms with Crippen molar-refractivity contribution in [2.24, 2.45) is 28.6 Å². The third-order valence-corrected chi connectivity index (χ3v) is 11.7. The number of aryl methyl sites for hydroxylation is 1. The van der Waals surface area contributed by atoms with Gasteiger partial charge in [-0.1, -0.05) is 55.3 Å². The minimum absolute atomic E-state index is 0.0277. The fraction of sp³-hybridized carbons (Fsp3) is 0.531. The van der Waals surface area contributed by atoms with Gasteiger partial charge >= 0.3 is 0 Å². The van der Waals surface area contributed by atoms with Gasteiger partial charge in [-0.25, -0.2) is 9.37 Å². The smallest absolute Gasteiger partial charge is 0.178 e. The highest BCUT2D eigenvalue weighted by Crippen LogP contribution is 2.72. The number of thiazole rings is 1. The number of allylic oxidation sites excluding steroid dienone is 4. The average molecular weight is 550 g/mol. The highest BCUT2D eigenvalue weighted by Gasteiger charge is 2.74. The van der Waals surface area contributed by atoms with Crippen LogP contribution in [0.3, 0.4) is 0 Å². The number of aromatic nitrogens is 1. The van der Waals surface area contributed by atoms with Crippen LogP contribution in [0.2, 0.25) is 0 Å². The van der Waals surface area contributed by atoms with Crippen LogP contribution < -0.4 is 0 Å². The molecule has 2 aromatic rings. The van der Waals surface area contributed by atoms with E-state index in [2.05, 4.69) is 0 Å². The van der Waals surface area contributed by atoms with Gasteiger partial charge in [0.05, 0.1) is 18.2 Å². The molecule has 0 bridgehead atoms. The lowest BCUT2D eigenvalue weighted by Crippen LogP contribution is -2.68. The van der Waals surface area contributed by atoms with Crippen molar-refractivity contribution in [1.29, 1.82) is 0 Å². The second-order valence-electron chi connectivity index (χ2n) is 12.8. The second kappa shape index (κ2) is 8.76. The van der Waals surface area contributed by atoms with Crippen LogP contribution in [0.1, 0.15) is 73.1 Å². The number of carbonyl (C=O) groups is 2. The molecule has 5 nitrogen and oxygen atoms in total. The van der Waals surface area contributed by atoms with Crippen molar-refractivity contribution in [2.75, 3.05) is 0 Å². The SMILES string of the molecule is Cc1ccc(C(=O)Cc2nc([C@@]3(O)[C@H](C)C[C@H]4[C@@H]5CCC6=CC(=O)C=C[C@]6(C)[C@@]5(F)[C@@H](O)C[C@@]43C)cs2)cc1. The molecule has 2 N–H and O–H groups in total. The van der Waals surface area contributed by atoms with Gasteiger partial charge in [-0.05, 0) is 63.5 Å². The van der Waals surface area contributed by atoms with Gasteiger partial charge in [-0.15, -0.1) is 11.3 Å². The zero-order chi connectivity index (χ0) is 28.0. The van der Waals surface area contributed by atoms with Gasteiger partial charge in [0.15, 0.2) is 17.2 Å². The molecule has 4 aliphatic rings. The van der Waals surface area contributed by atoms with Crippen molar-refractivity contribution in [1.82, 2.24) is 4.98 Å². The maximum Gasteiger partial charge on any atom is 0.178 e. The van der Waals surface area contributed by atoms with E-state index >= 15 is 4.39 Å². The summed E-state index contributed by atoms with van der Waals surface area (Å²) in [7, 11) is 0. The quantitative estimate of drug-likeness (QED) is 0.479. The molecule has 6 rings (SSSR count). The van der Waals surface area contributed by atoms with Crippen molar-refractivity contribution in [3.05, 3.63) is 75.3 Å². The molecule has 1 aromatic heterocycles. The molecule has 3 saturated carbocycles. The maximum atomic E-state index is 17.4. The maximum absolute atomic E-state index is 17.4. The Morgan fingerprint density at radius 2 is 1.92 bits per heavy atom. The summed E-state index contributed by atoms with van der Waals surface area (Å²) in [6, 6.07) is 7.46. The Bertz CT molecular complexity index is 1410. The zero-order valence-electron chi connectivity index (χ0n) is 22.9. The summed E-state index contributed by atoms with van der Waals surface area (Å²) in [6.45, 7) is 7.75. The lowest BCUT2D eigenvalue weighted by Gasteiger charge is -2.62. The fourth-order valence-corrected chi connectivity index (χ4v) is 9.48. The third kappa shape index (κ3) is 3.52. The monoisotopic (exact) mass is 549 g/mol. The van der Waals surface area contributed by atoms with Crippen LogP contribution in [-0.2, 0) is 16.8 Å². The number of aliphatic hydroxyl groups is 2. The van der Waals surface area contributed by atoms with Crippen LogP contribution in [0, 0.1) is 35.5 Å². The van der Waals surface area contributed by atoms with E-state index < -0.39 is 34.1 Å². The molecule has 0 unspecified atom stereocenters. The van der Waals surface area contributed by atoms with Crippen LogP contribution in [0.4, 0.5) is 4.39 Å². The average Bonchev–Trinajstić information content (AvgIpc) is 3.43. The van der Waals surface area contributed by atoms with E-state index in [0.717, 1.165) is 11.1 Å².